The molecule has 6 heteroatoms. The van der Waals surface area contributed by atoms with E-state index in [0.717, 1.165) is 44.9 Å². The largest absolute Gasteiger partial charge is 0.462 e. The highest BCUT2D eigenvalue weighted by molar-refractivity contribution is 5.69. The van der Waals surface area contributed by atoms with E-state index < -0.39 is 17.8 Å². The summed E-state index contributed by atoms with van der Waals surface area (Å²) in [4.78, 5) is 13.1. The van der Waals surface area contributed by atoms with E-state index in [0.29, 0.717) is 24.2 Å². The van der Waals surface area contributed by atoms with Crippen LogP contribution in [0.2, 0.25) is 0 Å². The van der Waals surface area contributed by atoms with Gasteiger partial charge in [-0.05, 0) is 106 Å². The lowest BCUT2D eigenvalue weighted by Crippen LogP contribution is -2.58. The topological polar surface area (TPSA) is 85.2 Å². The fourth-order valence-corrected chi connectivity index (χ4v) is 12.7. The van der Waals surface area contributed by atoms with Crippen molar-refractivity contribution >= 4 is 5.97 Å². The maximum Gasteiger partial charge on any atom is 0.306 e. The van der Waals surface area contributed by atoms with Gasteiger partial charge < -0.3 is 24.4 Å². The molecule has 1 heterocycles. The Hall–Kier alpha value is -0.950. The van der Waals surface area contributed by atoms with Gasteiger partial charge in [-0.3, -0.25) is 4.79 Å². The molecule has 0 amide bonds. The number of allylic oxidation sites excluding steroid dienone is 2. The molecule has 3 saturated carbocycles. The number of carbonyl (C=O) groups is 1. The van der Waals surface area contributed by atoms with Crippen molar-refractivity contribution in [2.24, 2.45) is 45.3 Å². The predicted molar refractivity (Wildman–Crippen MR) is 206 cm³/mol. The number of rotatable bonds is 17. The number of methoxy groups -OCH3 is 1. The van der Waals surface area contributed by atoms with Gasteiger partial charge in [-0.25, -0.2) is 0 Å². The van der Waals surface area contributed by atoms with Crippen LogP contribution in [-0.2, 0) is 19.0 Å². The summed E-state index contributed by atoms with van der Waals surface area (Å²) in [6, 6.07) is 0. The molecule has 11 atom stereocenters. The summed E-state index contributed by atoms with van der Waals surface area (Å²) >= 11 is 0. The van der Waals surface area contributed by atoms with Crippen molar-refractivity contribution in [3.63, 3.8) is 0 Å². The molecule has 0 bridgehead atoms. The van der Waals surface area contributed by atoms with E-state index in [-0.39, 0.29) is 45.9 Å². The lowest BCUT2D eigenvalue weighted by atomic mass is 9.41. The average Bonchev–Trinajstić information content (AvgIpc) is 3.62. The molecule has 4 aliphatic carbocycles. The zero-order valence-corrected chi connectivity index (χ0v) is 34.4. The van der Waals surface area contributed by atoms with Gasteiger partial charge in [0.25, 0.3) is 0 Å². The number of aliphatic hydroxyl groups is 2. The lowest BCUT2D eigenvalue weighted by Gasteiger charge is -2.64. The monoisotopic (exact) mass is 715 g/mol. The molecule has 0 aromatic carbocycles. The second kappa shape index (κ2) is 16.4. The molecule has 0 unspecified atom stereocenters. The van der Waals surface area contributed by atoms with Gasteiger partial charge in [-0.15, -0.1) is 0 Å². The summed E-state index contributed by atoms with van der Waals surface area (Å²) in [5, 5.41) is 21.5. The highest BCUT2D eigenvalue weighted by Crippen LogP contribution is 2.74. The number of ether oxygens (including phenoxy) is 3. The minimum Gasteiger partial charge on any atom is -0.462 e. The third-order valence-corrected chi connectivity index (χ3v) is 16.1. The summed E-state index contributed by atoms with van der Waals surface area (Å²) < 4.78 is 18.6. The summed E-state index contributed by atoms with van der Waals surface area (Å²) in [5.41, 5.74) is 0.838. The van der Waals surface area contributed by atoms with Crippen molar-refractivity contribution in [1.29, 1.82) is 0 Å². The van der Waals surface area contributed by atoms with Gasteiger partial charge in [-0.2, -0.15) is 0 Å². The molecular weight excluding hydrogens is 636 g/mol. The second-order valence-corrected chi connectivity index (χ2v) is 19.8. The van der Waals surface area contributed by atoms with Gasteiger partial charge in [0, 0.05) is 24.9 Å². The van der Waals surface area contributed by atoms with Gasteiger partial charge in [0.05, 0.1) is 11.7 Å². The molecule has 0 aromatic rings. The Kier molecular flexibility index (Phi) is 13.3. The minimum absolute atomic E-state index is 0.00780. The molecule has 6 nitrogen and oxygen atoms in total. The van der Waals surface area contributed by atoms with Gasteiger partial charge in [0.15, 0.2) is 6.29 Å². The third-order valence-electron chi connectivity index (χ3n) is 16.1. The van der Waals surface area contributed by atoms with Crippen LogP contribution in [0.1, 0.15) is 184 Å². The number of hydrogen-bond acceptors (Lipinski definition) is 6. The highest BCUT2D eigenvalue weighted by atomic mass is 16.7. The van der Waals surface area contributed by atoms with Gasteiger partial charge >= 0.3 is 5.97 Å². The third kappa shape index (κ3) is 8.06. The zero-order chi connectivity index (χ0) is 37.2. The molecule has 0 radical (unpaired) electrons. The first-order valence-corrected chi connectivity index (χ1v) is 21.5. The van der Waals surface area contributed by atoms with E-state index in [1.165, 1.54) is 77.0 Å². The molecule has 294 valence electrons. The van der Waals surface area contributed by atoms with Crippen LogP contribution in [0, 0.1) is 45.3 Å². The van der Waals surface area contributed by atoms with Crippen LogP contribution in [-0.4, -0.2) is 53.5 Å². The summed E-state index contributed by atoms with van der Waals surface area (Å²) in [6.45, 7) is 18.0. The first kappa shape index (κ1) is 41.2. The number of carbonyl (C=O) groups excluding carboxylic acids is 1. The van der Waals surface area contributed by atoms with E-state index >= 15 is 0 Å². The Morgan fingerprint density at radius 3 is 2.16 bits per heavy atom. The maximum absolute atomic E-state index is 13.1. The number of aliphatic hydroxyl groups excluding tert-OH is 1. The Balaban J connectivity index is 1.18. The fourth-order valence-electron chi connectivity index (χ4n) is 12.7. The molecule has 4 fully saturated rings. The Bertz CT molecular complexity index is 1190. The first-order valence-electron chi connectivity index (χ1n) is 21.5. The van der Waals surface area contributed by atoms with Crippen LogP contribution in [0.3, 0.4) is 0 Å². The molecular formula is C45H78O6. The van der Waals surface area contributed by atoms with E-state index in [1.54, 1.807) is 26.5 Å². The van der Waals surface area contributed by atoms with E-state index in [2.05, 4.69) is 47.6 Å². The van der Waals surface area contributed by atoms with Gasteiger partial charge in [0.1, 0.15) is 12.2 Å². The van der Waals surface area contributed by atoms with Crippen LogP contribution >= 0.6 is 0 Å². The van der Waals surface area contributed by atoms with Crippen molar-refractivity contribution in [2.75, 3.05) is 7.11 Å². The number of unbranched alkanes of at least 4 members (excludes halogenated alkanes) is 10. The summed E-state index contributed by atoms with van der Waals surface area (Å²) in [7, 11) is 1.72. The molecule has 5 aliphatic rings. The van der Waals surface area contributed by atoms with Gasteiger partial charge in [0.2, 0.25) is 0 Å². The van der Waals surface area contributed by atoms with Crippen LogP contribution in [0.15, 0.2) is 11.6 Å². The van der Waals surface area contributed by atoms with Gasteiger partial charge in [-0.1, -0.05) is 117 Å². The second-order valence-electron chi connectivity index (χ2n) is 19.8. The normalized spacial score (nSPS) is 39.5. The predicted octanol–water partition coefficient (Wildman–Crippen LogP) is 10.7. The van der Waals surface area contributed by atoms with Crippen molar-refractivity contribution in [3.8, 4) is 0 Å². The zero-order valence-electron chi connectivity index (χ0n) is 34.4. The maximum atomic E-state index is 13.1. The first-order chi connectivity index (χ1) is 24.0. The van der Waals surface area contributed by atoms with Crippen LogP contribution in [0.25, 0.3) is 0 Å². The molecule has 5 rings (SSSR count). The lowest BCUT2D eigenvalue weighted by molar-refractivity contribution is -0.185. The quantitative estimate of drug-likeness (QED) is 0.0886. The minimum atomic E-state index is -1.22. The van der Waals surface area contributed by atoms with E-state index in [1.807, 2.05) is 0 Å². The molecule has 2 N–H and O–H groups in total. The van der Waals surface area contributed by atoms with Crippen LogP contribution in [0.5, 0.6) is 0 Å². The summed E-state index contributed by atoms with van der Waals surface area (Å²) in [6.07, 6.45) is 24.2. The fraction of sp³-hybridized carbons (Fsp3) is 0.933. The molecule has 51 heavy (non-hydrogen) atoms. The molecule has 1 saturated heterocycles. The number of fused-ring (bicyclic) bond motifs is 5. The van der Waals surface area contributed by atoms with Crippen molar-refractivity contribution in [3.05, 3.63) is 11.6 Å². The van der Waals surface area contributed by atoms with Crippen molar-refractivity contribution in [1.82, 2.24) is 0 Å². The van der Waals surface area contributed by atoms with Crippen molar-refractivity contribution in [2.45, 2.75) is 214 Å². The van der Waals surface area contributed by atoms with E-state index in [4.69, 9.17) is 14.2 Å². The number of esters is 1. The van der Waals surface area contributed by atoms with Crippen LogP contribution < -0.4 is 0 Å². The summed E-state index contributed by atoms with van der Waals surface area (Å²) in [5.74, 6) is 1.69. The molecule has 0 aromatic heterocycles. The molecule has 1 aliphatic heterocycles. The average molecular weight is 715 g/mol. The van der Waals surface area contributed by atoms with Crippen molar-refractivity contribution < 1.29 is 29.2 Å². The SMILES string of the molecule is CCCCCCCCCCCCCC(=O)O[C@H]1CC[C@]2(C)[C@H]3CC[C@@]4(C)[C@H]([C@@H]5C[C@H]([C@H](O)C(C)(C)O)O[C@H]5OC)CC[C@]4(C)C3=CC[C@H]2C1(C)C. The Morgan fingerprint density at radius 1 is 0.922 bits per heavy atom. The molecule has 0 spiro atoms. The Labute approximate surface area is 312 Å². The highest BCUT2D eigenvalue weighted by Gasteiger charge is 2.67. The number of hydrogen-bond donors (Lipinski definition) is 2. The van der Waals surface area contributed by atoms with Crippen LogP contribution in [0.4, 0.5) is 0 Å². The smallest absolute Gasteiger partial charge is 0.306 e. The Morgan fingerprint density at radius 2 is 1.55 bits per heavy atom. The van der Waals surface area contributed by atoms with E-state index in [9.17, 15) is 15.0 Å². The standard InChI is InChI=1S/C45H78O6/c1-10-11-12-13-14-15-16-17-18-19-20-21-38(46)51-37-26-27-43(6)33-25-29-44(7)32(31-30-35(50-40(31)49-9)39(47)42(4,5)48)24-28-45(44,8)34(33)22-23-36(43)41(37,2)3/h22,31-33,35-37,39-40,47-48H,10-21,23-30H2,1-9H3/t31-,32-,33-,35+,36-,37-,39-,40+,43+,44-,45+/m0/s1.